The van der Waals surface area contributed by atoms with Crippen molar-refractivity contribution in [3.05, 3.63) is 34.8 Å². The third-order valence-corrected chi connectivity index (χ3v) is 2.77. The van der Waals surface area contributed by atoms with E-state index in [0.717, 1.165) is 4.73 Å². The molecule has 0 N–H and O–H groups in total. The Morgan fingerprint density at radius 3 is 2.93 bits per heavy atom. The van der Waals surface area contributed by atoms with Crippen LogP contribution < -0.4 is 4.73 Å². The average molecular weight is 206 g/mol. The average Bonchev–Trinajstić information content (AvgIpc) is 2.19. The molecule has 0 radical (unpaired) electrons. The van der Waals surface area contributed by atoms with Crippen molar-refractivity contribution in [3.8, 4) is 0 Å². The van der Waals surface area contributed by atoms with Gasteiger partial charge in [-0.05, 0) is 19.9 Å². The van der Waals surface area contributed by atoms with Crippen molar-refractivity contribution in [3.63, 3.8) is 0 Å². The number of hydrogen-bond acceptors (Lipinski definition) is 2. The maximum absolute atomic E-state index is 12.0. The van der Waals surface area contributed by atoms with E-state index in [1.54, 1.807) is 17.0 Å². The molecule has 1 aromatic heterocycles. The fourth-order valence-corrected chi connectivity index (χ4v) is 1.94. The molecule has 0 aliphatic carbocycles. The standard InChI is InChI=1S/C11H14N2O2/c1-8(2)12-7-5-10-9(11(12)14)4-3-6-13(10)15/h3-4,6,8H,5,7H2,1-2H3. The third kappa shape index (κ3) is 1.56. The number of hydrogen-bond donors (Lipinski definition) is 0. The Labute approximate surface area is 88.7 Å². The van der Waals surface area contributed by atoms with Crippen LogP contribution in [0.25, 0.3) is 0 Å². The maximum Gasteiger partial charge on any atom is 0.260 e. The minimum absolute atomic E-state index is 0.0311. The molecule has 0 atom stereocenters. The van der Waals surface area contributed by atoms with Crippen LogP contribution in [0.5, 0.6) is 0 Å². The third-order valence-electron chi connectivity index (χ3n) is 2.77. The molecule has 2 rings (SSSR count). The van der Waals surface area contributed by atoms with Gasteiger partial charge in [0.1, 0.15) is 5.56 Å². The van der Waals surface area contributed by atoms with Crippen LogP contribution in [0, 0.1) is 5.21 Å². The van der Waals surface area contributed by atoms with Gasteiger partial charge in [-0.15, -0.1) is 0 Å². The van der Waals surface area contributed by atoms with Gasteiger partial charge >= 0.3 is 0 Å². The van der Waals surface area contributed by atoms with E-state index in [1.165, 1.54) is 6.20 Å². The summed E-state index contributed by atoms with van der Waals surface area (Å²) in [6, 6.07) is 3.53. The minimum atomic E-state index is -0.0311. The van der Waals surface area contributed by atoms with Gasteiger partial charge in [-0.2, -0.15) is 4.73 Å². The largest absolute Gasteiger partial charge is 0.618 e. The number of pyridine rings is 1. The van der Waals surface area contributed by atoms with Gasteiger partial charge in [0, 0.05) is 18.7 Å². The van der Waals surface area contributed by atoms with Gasteiger partial charge in [-0.25, -0.2) is 0 Å². The molecule has 80 valence electrons. The van der Waals surface area contributed by atoms with Crippen LogP contribution in [-0.4, -0.2) is 23.4 Å². The molecule has 1 aliphatic rings. The van der Waals surface area contributed by atoms with Gasteiger partial charge in [0.25, 0.3) is 5.91 Å². The van der Waals surface area contributed by atoms with Gasteiger partial charge in [0.15, 0.2) is 6.20 Å². The molecule has 2 heterocycles. The second-order valence-electron chi connectivity index (χ2n) is 4.04. The first-order chi connectivity index (χ1) is 7.11. The van der Waals surface area contributed by atoms with Crippen LogP contribution in [-0.2, 0) is 6.42 Å². The molecule has 0 bridgehead atoms. The van der Waals surface area contributed by atoms with E-state index < -0.39 is 0 Å². The summed E-state index contributed by atoms with van der Waals surface area (Å²) in [6.45, 7) is 4.60. The van der Waals surface area contributed by atoms with Crippen LogP contribution in [0.1, 0.15) is 29.9 Å². The second kappa shape index (κ2) is 3.53. The molecular formula is C11H14N2O2. The fraction of sp³-hybridized carbons (Fsp3) is 0.455. The van der Waals surface area contributed by atoms with Crippen LogP contribution >= 0.6 is 0 Å². The van der Waals surface area contributed by atoms with E-state index >= 15 is 0 Å². The van der Waals surface area contributed by atoms with Crippen molar-refractivity contribution in [2.75, 3.05) is 6.54 Å². The molecule has 15 heavy (non-hydrogen) atoms. The first-order valence-corrected chi connectivity index (χ1v) is 5.13. The monoisotopic (exact) mass is 206 g/mol. The quantitative estimate of drug-likeness (QED) is 0.502. The van der Waals surface area contributed by atoms with Crippen molar-refractivity contribution in [1.82, 2.24) is 4.90 Å². The predicted octanol–water partition coefficient (Wildman–Crippen LogP) is 0.727. The molecule has 0 spiro atoms. The Morgan fingerprint density at radius 2 is 2.27 bits per heavy atom. The summed E-state index contributed by atoms with van der Waals surface area (Å²) in [5.41, 5.74) is 1.15. The number of rotatable bonds is 1. The van der Waals surface area contributed by atoms with Gasteiger partial charge in [0.05, 0.1) is 6.42 Å². The van der Waals surface area contributed by atoms with E-state index in [-0.39, 0.29) is 11.9 Å². The Balaban J connectivity index is 2.43. The number of aromatic nitrogens is 1. The summed E-state index contributed by atoms with van der Waals surface area (Å²) in [5.74, 6) is -0.0311. The fourth-order valence-electron chi connectivity index (χ4n) is 1.94. The Bertz CT molecular complexity index is 402. The number of carbonyl (C=O) groups is 1. The van der Waals surface area contributed by atoms with Gasteiger partial charge in [-0.3, -0.25) is 4.79 Å². The van der Waals surface area contributed by atoms with E-state index in [0.29, 0.717) is 24.2 Å². The Hall–Kier alpha value is -1.58. The lowest BCUT2D eigenvalue weighted by Crippen LogP contribution is -2.47. The van der Waals surface area contributed by atoms with Crippen LogP contribution in [0.3, 0.4) is 0 Å². The summed E-state index contributed by atoms with van der Waals surface area (Å²) in [7, 11) is 0. The van der Waals surface area contributed by atoms with Gasteiger partial charge in [0.2, 0.25) is 5.69 Å². The molecule has 0 saturated carbocycles. The Morgan fingerprint density at radius 1 is 1.53 bits per heavy atom. The predicted molar refractivity (Wildman–Crippen MR) is 55.3 cm³/mol. The highest BCUT2D eigenvalue weighted by Crippen LogP contribution is 2.17. The molecular weight excluding hydrogens is 192 g/mol. The Kier molecular flexibility index (Phi) is 2.34. The van der Waals surface area contributed by atoms with E-state index in [9.17, 15) is 10.0 Å². The topological polar surface area (TPSA) is 47.2 Å². The van der Waals surface area contributed by atoms with E-state index in [1.807, 2.05) is 13.8 Å². The first kappa shape index (κ1) is 9.96. The zero-order valence-corrected chi connectivity index (χ0v) is 8.93. The van der Waals surface area contributed by atoms with Gasteiger partial charge < -0.3 is 10.1 Å². The van der Waals surface area contributed by atoms with E-state index in [2.05, 4.69) is 0 Å². The van der Waals surface area contributed by atoms with Gasteiger partial charge in [-0.1, -0.05) is 0 Å². The lowest BCUT2D eigenvalue weighted by atomic mass is 10.0. The molecule has 1 amide bonds. The highest BCUT2D eigenvalue weighted by atomic mass is 16.5. The summed E-state index contributed by atoms with van der Waals surface area (Å²) in [4.78, 5) is 13.8. The summed E-state index contributed by atoms with van der Waals surface area (Å²) < 4.78 is 0.797. The summed E-state index contributed by atoms with van der Waals surface area (Å²) in [5, 5.41) is 11.4. The van der Waals surface area contributed by atoms with Crippen molar-refractivity contribution in [1.29, 1.82) is 0 Å². The molecule has 4 nitrogen and oxygen atoms in total. The molecule has 0 unspecified atom stereocenters. The molecule has 0 saturated heterocycles. The number of fused-ring (bicyclic) bond motifs is 1. The smallest absolute Gasteiger partial charge is 0.260 e. The number of amides is 1. The molecule has 1 aromatic rings. The van der Waals surface area contributed by atoms with Crippen molar-refractivity contribution >= 4 is 5.91 Å². The van der Waals surface area contributed by atoms with Crippen LogP contribution in [0.4, 0.5) is 0 Å². The minimum Gasteiger partial charge on any atom is -0.618 e. The highest BCUT2D eigenvalue weighted by Gasteiger charge is 2.30. The molecule has 1 aliphatic heterocycles. The molecule has 0 aromatic carbocycles. The summed E-state index contributed by atoms with van der Waals surface area (Å²) in [6.07, 6.45) is 2.08. The van der Waals surface area contributed by atoms with Crippen molar-refractivity contribution in [2.24, 2.45) is 0 Å². The zero-order chi connectivity index (χ0) is 11.0. The second-order valence-corrected chi connectivity index (χ2v) is 4.04. The SMILES string of the molecule is CC(C)N1CCc2c(ccc[n+]2[O-])C1=O. The zero-order valence-electron chi connectivity index (χ0n) is 8.93. The van der Waals surface area contributed by atoms with Crippen LogP contribution in [0.15, 0.2) is 18.3 Å². The lowest BCUT2D eigenvalue weighted by Gasteiger charge is -2.30. The molecule has 0 fully saturated rings. The lowest BCUT2D eigenvalue weighted by molar-refractivity contribution is -0.614. The van der Waals surface area contributed by atoms with Crippen molar-refractivity contribution < 1.29 is 9.52 Å². The molecule has 4 heteroatoms. The normalized spacial score (nSPS) is 15.7. The van der Waals surface area contributed by atoms with Crippen LogP contribution in [0.2, 0.25) is 0 Å². The first-order valence-electron chi connectivity index (χ1n) is 5.13. The number of carbonyl (C=O) groups excluding carboxylic acids is 1. The van der Waals surface area contributed by atoms with Crippen molar-refractivity contribution in [2.45, 2.75) is 26.3 Å². The van der Waals surface area contributed by atoms with E-state index in [4.69, 9.17) is 0 Å². The highest BCUT2D eigenvalue weighted by molar-refractivity contribution is 5.96. The summed E-state index contributed by atoms with van der Waals surface area (Å²) >= 11 is 0. The maximum atomic E-state index is 12.0. The number of nitrogens with zero attached hydrogens (tertiary/aromatic N) is 2.